The van der Waals surface area contributed by atoms with Crippen LogP contribution in [0.25, 0.3) is 0 Å². The van der Waals surface area contributed by atoms with Crippen molar-refractivity contribution >= 4 is 0 Å². The van der Waals surface area contributed by atoms with E-state index in [4.69, 9.17) is 10.5 Å². The van der Waals surface area contributed by atoms with Crippen LogP contribution >= 0.6 is 0 Å². The summed E-state index contributed by atoms with van der Waals surface area (Å²) in [5.74, 6) is 0. The molecule has 0 heterocycles. The lowest BCUT2D eigenvalue weighted by molar-refractivity contribution is -0.150. The second-order valence-corrected chi connectivity index (χ2v) is 4.28. The Kier molecular flexibility index (Phi) is 7.74. The van der Waals surface area contributed by atoms with E-state index in [-0.39, 0.29) is 12.1 Å². The first kappa shape index (κ1) is 16.7. The van der Waals surface area contributed by atoms with Gasteiger partial charge in [0, 0.05) is 25.7 Å². The van der Waals surface area contributed by atoms with Gasteiger partial charge < -0.3 is 10.5 Å². The maximum atomic E-state index is 12.3. The van der Waals surface area contributed by atoms with Gasteiger partial charge in [0.2, 0.25) is 0 Å². The highest BCUT2D eigenvalue weighted by atomic mass is 19.4. The van der Waals surface area contributed by atoms with Crippen molar-refractivity contribution in [1.82, 2.24) is 4.90 Å². The number of hydrogen-bond donors (Lipinski definition) is 1. The number of nitrogens with two attached hydrogens (primary N) is 1. The van der Waals surface area contributed by atoms with Gasteiger partial charge >= 0.3 is 6.18 Å². The molecule has 1 atom stereocenters. The number of hydrogen-bond acceptors (Lipinski definition) is 3. The minimum absolute atomic E-state index is 0.142. The van der Waals surface area contributed by atoms with Crippen LogP contribution in [0.1, 0.15) is 27.2 Å². The van der Waals surface area contributed by atoms with Gasteiger partial charge in [-0.2, -0.15) is 13.2 Å². The molecule has 0 saturated heterocycles. The van der Waals surface area contributed by atoms with Crippen LogP contribution in [0.2, 0.25) is 0 Å². The Morgan fingerprint density at radius 3 is 2.24 bits per heavy atom. The van der Waals surface area contributed by atoms with E-state index in [0.717, 1.165) is 0 Å². The first-order chi connectivity index (χ1) is 7.80. The van der Waals surface area contributed by atoms with Crippen LogP contribution in [0, 0.1) is 0 Å². The predicted molar refractivity (Wildman–Crippen MR) is 61.8 cm³/mol. The highest BCUT2D eigenvalue weighted by molar-refractivity contribution is 4.70. The van der Waals surface area contributed by atoms with Crippen LogP contribution < -0.4 is 5.73 Å². The molecule has 0 bridgehead atoms. The molecule has 2 N–H and O–H groups in total. The van der Waals surface area contributed by atoms with Crippen LogP contribution in [0.4, 0.5) is 13.2 Å². The minimum atomic E-state index is -4.16. The average Bonchev–Trinajstić information content (AvgIpc) is 2.20. The van der Waals surface area contributed by atoms with Crippen molar-refractivity contribution in [3.05, 3.63) is 0 Å². The molecule has 104 valence electrons. The summed E-state index contributed by atoms with van der Waals surface area (Å²) in [5.41, 5.74) is 5.48. The molecule has 0 spiro atoms. The van der Waals surface area contributed by atoms with Crippen molar-refractivity contribution in [2.24, 2.45) is 5.73 Å². The summed E-state index contributed by atoms with van der Waals surface area (Å²) in [7, 11) is 0. The fraction of sp³-hybridized carbons (Fsp3) is 1.00. The van der Waals surface area contributed by atoms with E-state index in [9.17, 15) is 13.2 Å². The molecule has 0 aromatic carbocycles. The molecule has 0 rings (SSSR count). The lowest BCUT2D eigenvalue weighted by Gasteiger charge is -2.28. The highest BCUT2D eigenvalue weighted by Crippen LogP contribution is 2.18. The summed E-state index contributed by atoms with van der Waals surface area (Å²) in [6.45, 7) is 5.69. The van der Waals surface area contributed by atoms with E-state index in [1.165, 1.54) is 4.90 Å². The number of ether oxygens (including phenoxy) is 1. The van der Waals surface area contributed by atoms with Crippen molar-refractivity contribution in [1.29, 1.82) is 0 Å². The van der Waals surface area contributed by atoms with Gasteiger partial charge in [-0.15, -0.1) is 0 Å². The van der Waals surface area contributed by atoms with Gasteiger partial charge in [-0.1, -0.05) is 0 Å². The van der Waals surface area contributed by atoms with Gasteiger partial charge in [0.15, 0.2) is 0 Å². The summed E-state index contributed by atoms with van der Waals surface area (Å²) in [6, 6.07) is -0.142. The molecule has 0 aliphatic heterocycles. The van der Waals surface area contributed by atoms with Crippen LogP contribution in [-0.4, -0.2) is 49.5 Å². The van der Waals surface area contributed by atoms with Crippen LogP contribution in [0.15, 0.2) is 0 Å². The molecule has 3 nitrogen and oxygen atoms in total. The van der Waals surface area contributed by atoms with Gasteiger partial charge in [-0.25, -0.2) is 0 Å². The predicted octanol–water partition coefficient (Wildman–Crippen LogP) is 2.01. The monoisotopic (exact) mass is 256 g/mol. The summed E-state index contributed by atoms with van der Waals surface area (Å²) < 4.78 is 42.3. The zero-order valence-electron chi connectivity index (χ0n) is 10.8. The molecule has 0 amide bonds. The summed E-state index contributed by atoms with van der Waals surface area (Å²) in [5, 5.41) is 0. The Bertz CT molecular complexity index is 198. The fourth-order valence-electron chi connectivity index (χ4n) is 1.56. The maximum absolute atomic E-state index is 12.3. The van der Waals surface area contributed by atoms with Gasteiger partial charge in [0.25, 0.3) is 0 Å². The van der Waals surface area contributed by atoms with Crippen molar-refractivity contribution in [3.8, 4) is 0 Å². The van der Waals surface area contributed by atoms with E-state index >= 15 is 0 Å². The van der Waals surface area contributed by atoms with E-state index < -0.39 is 12.7 Å². The van der Waals surface area contributed by atoms with Crippen LogP contribution in [0.3, 0.4) is 0 Å². The smallest absolute Gasteiger partial charge is 0.377 e. The van der Waals surface area contributed by atoms with Gasteiger partial charge in [-0.05, 0) is 27.2 Å². The molecule has 17 heavy (non-hydrogen) atoms. The largest absolute Gasteiger partial charge is 0.401 e. The summed E-state index contributed by atoms with van der Waals surface area (Å²) in [4.78, 5) is 1.39. The molecule has 0 aromatic rings. The molecule has 1 unspecified atom stereocenters. The minimum Gasteiger partial charge on any atom is -0.377 e. The van der Waals surface area contributed by atoms with Gasteiger partial charge in [0.05, 0.1) is 12.6 Å². The molecule has 0 aliphatic rings. The SMILES string of the molecule is CCOC(CN)CCN(CC(F)(F)F)C(C)C. The molecule has 0 saturated carbocycles. The van der Waals surface area contributed by atoms with E-state index in [1.54, 1.807) is 13.8 Å². The molecular weight excluding hydrogens is 233 g/mol. The Hall–Kier alpha value is -0.330. The van der Waals surface area contributed by atoms with Gasteiger partial charge in [-0.3, -0.25) is 4.90 Å². The van der Waals surface area contributed by atoms with E-state index in [2.05, 4.69) is 0 Å². The normalized spacial score (nSPS) is 14.6. The first-order valence-corrected chi connectivity index (χ1v) is 5.92. The number of rotatable bonds is 8. The van der Waals surface area contributed by atoms with Crippen molar-refractivity contribution < 1.29 is 17.9 Å². The third kappa shape index (κ3) is 8.40. The third-order valence-electron chi connectivity index (χ3n) is 2.52. The first-order valence-electron chi connectivity index (χ1n) is 5.92. The molecule has 0 radical (unpaired) electrons. The Morgan fingerprint density at radius 2 is 1.88 bits per heavy atom. The molecule has 0 aromatic heterocycles. The van der Waals surface area contributed by atoms with E-state index in [0.29, 0.717) is 26.1 Å². The zero-order valence-corrected chi connectivity index (χ0v) is 10.8. The average molecular weight is 256 g/mol. The van der Waals surface area contributed by atoms with Crippen molar-refractivity contribution in [2.45, 2.75) is 45.5 Å². The topological polar surface area (TPSA) is 38.5 Å². The standard InChI is InChI=1S/C11H23F3N2O/c1-4-17-10(7-15)5-6-16(9(2)3)8-11(12,13)14/h9-10H,4-8,15H2,1-3H3. The second kappa shape index (κ2) is 7.89. The van der Waals surface area contributed by atoms with Crippen LogP contribution in [0.5, 0.6) is 0 Å². The van der Waals surface area contributed by atoms with Crippen molar-refractivity contribution in [3.63, 3.8) is 0 Å². The molecule has 6 heteroatoms. The van der Waals surface area contributed by atoms with E-state index in [1.807, 2.05) is 6.92 Å². The molecular formula is C11H23F3N2O. The summed E-state index contributed by atoms with van der Waals surface area (Å²) in [6.07, 6.45) is -3.79. The third-order valence-corrected chi connectivity index (χ3v) is 2.52. The Morgan fingerprint density at radius 1 is 1.29 bits per heavy atom. The molecule has 0 fully saturated rings. The van der Waals surface area contributed by atoms with Crippen LogP contribution in [-0.2, 0) is 4.74 Å². The number of alkyl halides is 3. The lowest BCUT2D eigenvalue weighted by Crippen LogP contribution is -2.41. The quantitative estimate of drug-likeness (QED) is 0.722. The maximum Gasteiger partial charge on any atom is 0.401 e. The van der Waals surface area contributed by atoms with Crippen molar-refractivity contribution in [2.75, 3.05) is 26.2 Å². The second-order valence-electron chi connectivity index (χ2n) is 4.28. The Labute approximate surface area is 101 Å². The highest BCUT2D eigenvalue weighted by Gasteiger charge is 2.31. The fourth-order valence-corrected chi connectivity index (χ4v) is 1.56. The van der Waals surface area contributed by atoms with Gasteiger partial charge in [0.1, 0.15) is 0 Å². The zero-order chi connectivity index (χ0) is 13.5. The number of halogens is 3. The molecule has 0 aliphatic carbocycles. The summed E-state index contributed by atoms with van der Waals surface area (Å²) >= 11 is 0. The lowest BCUT2D eigenvalue weighted by atomic mass is 10.2. The Balaban J connectivity index is 4.17. The number of nitrogens with zero attached hydrogens (tertiary/aromatic N) is 1.